The molecule has 70 valence electrons. The molecule has 0 saturated carbocycles. The first-order valence-electron chi connectivity index (χ1n) is 3.90. The molecule has 0 bridgehead atoms. The summed E-state index contributed by atoms with van der Waals surface area (Å²) in [5, 5.41) is 2.78. The van der Waals surface area contributed by atoms with Crippen LogP contribution in [-0.4, -0.2) is 29.1 Å². The number of carbonyl (C=O) groups excluding carboxylic acids is 1. The summed E-state index contributed by atoms with van der Waals surface area (Å²) in [5.41, 5.74) is 0.303. The molecule has 0 aliphatic carbocycles. The van der Waals surface area contributed by atoms with E-state index in [1.54, 1.807) is 0 Å². The van der Waals surface area contributed by atoms with Gasteiger partial charge in [0, 0.05) is 5.38 Å². The minimum absolute atomic E-state index is 0.220. The molecular formula is C7H8N2O3S. The van der Waals surface area contributed by atoms with Crippen molar-refractivity contribution in [1.29, 1.82) is 0 Å². The highest BCUT2D eigenvalue weighted by atomic mass is 32.1. The Hall–Kier alpha value is -1.14. The molecule has 2 rings (SSSR count). The van der Waals surface area contributed by atoms with Gasteiger partial charge in [-0.15, -0.1) is 0 Å². The maximum atomic E-state index is 11.5. The van der Waals surface area contributed by atoms with Crippen molar-refractivity contribution in [2.24, 2.45) is 0 Å². The molecule has 1 aromatic rings. The zero-order chi connectivity index (χ0) is 9.26. The maximum Gasteiger partial charge on any atom is 0.305 e. The van der Waals surface area contributed by atoms with E-state index in [9.17, 15) is 9.59 Å². The van der Waals surface area contributed by atoms with E-state index in [1.807, 2.05) is 0 Å². The summed E-state index contributed by atoms with van der Waals surface area (Å²) in [6.07, 6.45) is 0.847. The molecule has 0 atom stereocenters. The third kappa shape index (κ3) is 1.63. The first-order valence-corrected chi connectivity index (χ1v) is 4.78. The second-order valence-electron chi connectivity index (χ2n) is 2.66. The number of hydrogen-bond acceptors (Lipinski definition) is 4. The van der Waals surface area contributed by atoms with Crippen LogP contribution in [0.3, 0.4) is 0 Å². The second kappa shape index (κ2) is 3.31. The van der Waals surface area contributed by atoms with Gasteiger partial charge in [-0.05, 0) is 6.42 Å². The van der Waals surface area contributed by atoms with Gasteiger partial charge in [-0.25, -0.2) is 5.06 Å². The molecular weight excluding hydrogens is 192 g/mol. The fourth-order valence-electron chi connectivity index (χ4n) is 1.13. The number of hydroxylamine groups is 2. The van der Waals surface area contributed by atoms with Crippen molar-refractivity contribution < 1.29 is 9.63 Å². The van der Waals surface area contributed by atoms with E-state index in [2.05, 4.69) is 4.98 Å². The van der Waals surface area contributed by atoms with Crippen LogP contribution in [0.15, 0.2) is 10.2 Å². The van der Waals surface area contributed by atoms with Gasteiger partial charge in [-0.2, -0.15) is 0 Å². The molecule has 0 unspecified atom stereocenters. The van der Waals surface area contributed by atoms with Gasteiger partial charge in [0.15, 0.2) is 0 Å². The van der Waals surface area contributed by atoms with E-state index >= 15 is 0 Å². The fourth-order valence-corrected chi connectivity index (χ4v) is 1.68. The summed E-state index contributed by atoms with van der Waals surface area (Å²) in [6.45, 7) is 1.16. The summed E-state index contributed by atoms with van der Waals surface area (Å²) in [5.74, 6) is -0.268. The molecule has 1 aliphatic rings. The van der Waals surface area contributed by atoms with Gasteiger partial charge in [0.2, 0.25) is 0 Å². The number of nitrogens with one attached hydrogen (secondary N) is 1. The van der Waals surface area contributed by atoms with Crippen molar-refractivity contribution in [1.82, 2.24) is 10.0 Å². The molecule has 0 radical (unpaired) electrons. The molecule has 1 fully saturated rings. The van der Waals surface area contributed by atoms with Gasteiger partial charge < -0.3 is 4.98 Å². The highest BCUT2D eigenvalue weighted by molar-refractivity contribution is 7.07. The van der Waals surface area contributed by atoms with Crippen molar-refractivity contribution in [3.05, 3.63) is 20.7 Å². The van der Waals surface area contributed by atoms with Crippen LogP contribution in [0.5, 0.6) is 0 Å². The van der Waals surface area contributed by atoms with Crippen molar-refractivity contribution in [2.45, 2.75) is 6.42 Å². The van der Waals surface area contributed by atoms with Crippen LogP contribution in [0.2, 0.25) is 0 Å². The minimum atomic E-state index is -0.268. The lowest BCUT2D eigenvalue weighted by molar-refractivity contribution is -0.0771. The van der Waals surface area contributed by atoms with E-state index in [0.717, 1.165) is 17.8 Å². The normalized spacial score (nSPS) is 16.5. The van der Waals surface area contributed by atoms with Crippen molar-refractivity contribution in [3.63, 3.8) is 0 Å². The Morgan fingerprint density at radius 3 is 3.08 bits per heavy atom. The third-order valence-electron chi connectivity index (χ3n) is 1.73. The summed E-state index contributed by atoms with van der Waals surface area (Å²) in [4.78, 5) is 29.5. The lowest BCUT2D eigenvalue weighted by atomic mass is 10.4. The number of amides is 1. The molecule has 1 N–H and O–H groups in total. The van der Waals surface area contributed by atoms with Crippen LogP contribution in [-0.2, 0) is 4.84 Å². The maximum absolute atomic E-state index is 11.5. The second-order valence-corrected chi connectivity index (χ2v) is 3.50. The van der Waals surface area contributed by atoms with Crippen LogP contribution >= 0.6 is 11.3 Å². The summed E-state index contributed by atoms with van der Waals surface area (Å²) in [7, 11) is 0. The highest BCUT2D eigenvalue weighted by Gasteiger charge is 2.21. The van der Waals surface area contributed by atoms with Gasteiger partial charge in [0.1, 0.15) is 5.69 Å². The van der Waals surface area contributed by atoms with Crippen molar-refractivity contribution in [2.75, 3.05) is 13.2 Å². The topological polar surface area (TPSA) is 62.4 Å². The SMILES string of the molecule is O=C(c1csc(=O)[nH]1)N1CCCO1. The van der Waals surface area contributed by atoms with Gasteiger partial charge in [-0.3, -0.25) is 14.4 Å². The lowest BCUT2D eigenvalue weighted by Crippen LogP contribution is -2.27. The Morgan fingerprint density at radius 2 is 2.54 bits per heavy atom. The average molecular weight is 200 g/mol. The predicted molar refractivity (Wildman–Crippen MR) is 46.5 cm³/mol. The molecule has 0 aromatic carbocycles. The summed E-state index contributed by atoms with van der Waals surface area (Å²) in [6, 6.07) is 0. The summed E-state index contributed by atoms with van der Waals surface area (Å²) < 4.78 is 0. The Balaban J connectivity index is 2.16. The van der Waals surface area contributed by atoms with Gasteiger partial charge >= 0.3 is 4.87 Å². The molecule has 1 amide bonds. The van der Waals surface area contributed by atoms with Crippen LogP contribution in [0.4, 0.5) is 0 Å². The molecule has 1 aliphatic heterocycles. The first kappa shape index (κ1) is 8.46. The zero-order valence-corrected chi connectivity index (χ0v) is 7.60. The molecule has 1 aromatic heterocycles. The smallest absolute Gasteiger partial charge is 0.305 e. The fraction of sp³-hybridized carbons (Fsp3) is 0.429. The van der Waals surface area contributed by atoms with E-state index < -0.39 is 0 Å². The number of aromatic amines is 1. The number of aromatic nitrogens is 1. The molecule has 0 spiro atoms. The molecule has 6 heteroatoms. The first-order chi connectivity index (χ1) is 6.27. The molecule has 5 nitrogen and oxygen atoms in total. The van der Waals surface area contributed by atoms with Gasteiger partial charge in [-0.1, -0.05) is 11.3 Å². The Labute approximate surface area is 77.9 Å². The van der Waals surface area contributed by atoms with Crippen LogP contribution in [0, 0.1) is 0 Å². The van der Waals surface area contributed by atoms with E-state index in [0.29, 0.717) is 18.8 Å². The minimum Gasteiger partial charge on any atom is -0.308 e. The standard InChI is InChI=1S/C7H8N2O3S/c10-6(9-2-1-3-12-9)5-4-13-7(11)8-5/h4H,1-3H2,(H,8,11). The van der Waals surface area contributed by atoms with Crippen LogP contribution < -0.4 is 4.87 Å². The number of hydrogen-bond donors (Lipinski definition) is 1. The third-order valence-corrected chi connectivity index (χ3v) is 2.40. The Morgan fingerprint density at radius 1 is 1.69 bits per heavy atom. The van der Waals surface area contributed by atoms with Crippen LogP contribution in [0.1, 0.15) is 16.9 Å². The largest absolute Gasteiger partial charge is 0.308 e. The number of H-pyrrole nitrogens is 1. The summed E-state index contributed by atoms with van der Waals surface area (Å²) >= 11 is 0.977. The van der Waals surface area contributed by atoms with Crippen molar-refractivity contribution in [3.8, 4) is 0 Å². The van der Waals surface area contributed by atoms with E-state index in [1.165, 1.54) is 10.4 Å². The monoisotopic (exact) mass is 200 g/mol. The Kier molecular flexibility index (Phi) is 2.15. The quantitative estimate of drug-likeness (QED) is 0.705. The molecule has 13 heavy (non-hydrogen) atoms. The highest BCUT2D eigenvalue weighted by Crippen LogP contribution is 2.09. The Bertz CT molecular complexity index is 364. The number of thiazole rings is 1. The van der Waals surface area contributed by atoms with Gasteiger partial charge in [0.25, 0.3) is 5.91 Å². The van der Waals surface area contributed by atoms with Crippen LogP contribution in [0.25, 0.3) is 0 Å². The average Bonchev–Trinajstić information content (AvgIpc) is 2.72. The molecule has 1 saturated heterocycles. The van der Waals surface area contributed by atoms with E-state index in [4.69, 9.17) is 4.84 Å². The number of rotatable bonds is 1. The zero-order valence-electron chi connectivity index (χ0n) is 6.78. The predicted octanol–water partition coefficient (Wildman–Crippen LogP) is 0.214. The van der Waals surface area contributed by atoms with E-state index in [-0.39, 0.29) is 10.8 Å². The lowest BCUT2D eigenvalue weighted by Gasteiger charge is -2.11. The number of carbonyl (C=O) groups is 1. The van der Waals surface area contributed by atoms with Gasteiger partial charge in [0.05, 0.1) is 13.2 Å². The number of nitrogens with zero attached hydrogens (tertiary/aromatic N) is 1. The molecule has 2 heterocycles. The van der Waals surface area contributed by atoms with Crippen molar-refractivity contribution >= 4 is 17.2 Å².